The van der Waals surface area contributed by atoms with Gasteiger partial charge < -0.3 is 4.90 Å². The van der Waals surface area contributed by atoms with Gasteiger partial charge in [0.15, 0.2) is 15.0 Å². The number of hydrogen-bond acceptors (Lipinski definition) is 6. The summed E-state index contributed by atoms with van der Waals surface area (Å²) in [5.41, 5.74) is 1.65. The van der Waals surface area contributed by atoms with E-state index in [1.807, 2.05) is 32.0 Å². The number of nitrogens with zero attached hydrogens (tertiary/aromatic N) is 3. The van der Waals surface area contributed by atoms with Gasteiger partial charge in [-0.2, -0.15) is 0 Å². The minimum atomic E-state index is -3.83. The molecule has 0 unspecified atom stereocenters. The molecule has 3 rings (SSSR count). The van der Waals surface area contributed by atoms with Gasteiger partial charge in [0.25, 0.3) is 0 Å². The van der Waals surface area contributed by atoms with Crippen molar-refractivity contribution in [3.63, 3.8) is 0 Å². The van der Waals surface area contributed by atoms with E-state index in [9.17, 15) is 13.2 Å². The number of aryl methyl sites for hydroxylation is 1. The molecule has 1 heterocycles. The van der Waals surface area contributed by atoms with Gasteiger partial charge in [-0.05, 0) is 56.9 Å². The number of fused-ring (bicyclic) bond motifs is 1. The molecule has 0 saturated heterocycles. The molecule has 2 aromatic carbocycles. The Morgan fingerprint density at radius 1 is 1.07 bits per heavy atom. The molecule has 10 heteroatoms. The fourth-order valence-corrected chi connectivity index (χ4v) is 5.48. The molecule has 0 spiro atoms. The molecule has 0 aliphatic carbocycles. The highest BCUT2D eigenvalue weighted by molar-refractivity contribution is 7.92. The molecule has 1 amide bonds. The molecule has 160 valence electrons. The number of likely N-dealkylation sites (N-methyl/N-ethyl adjacent to an activating group) is 1. The van der Waals surface area contributed by atoms with Gasteiger partial charge >= 0.3 is 0 Å². The molecule has 0 N–H and O–H groups in total. The molecular weight excluding hydrogens is 465 g/mol. The Balaban J connectivity index is 1.95. The summed E-state index contributed by atoms with van der Waals surface area (Å²) in [6, 6.07) is 9.43. The first kappa shape index (κ1) is 23.0. The topological polar surface area (TPSA) is 70.6 Å². The van der Waals surface area contributed by atoms with E-state index in [1.165, 1.54) is 40.5 Å². The number of thiazole rings is 1. The molecule has 0 radical (unpaired) electrons. The van der Waals surface area contributed by atoms with Crippen LogP contribution in [0, 0.1) is 6.92 Å². The van der Waals surface area contributed by atoms with Crippen LogP contribution in [-0.4, -0.2) is 57.1 Å². The van der Waals surface area contributed by atoms with Crippen molar-refractivity contribution in [2.75, 3.05) is 37.8 Å². The number of rotatable bonds is 7. The summed E-state index contributed by atoms with van der Waals surface area (Å²) in [5.74, 6) is -1.20. The van der Waals surface area contributed by atoms with Crippen molar-refractivity contribution in [1.29, 1.82) is 0 Å². The lowest BCUT2D eigenvalue weighted by Gasteiger charge is -2.22. The van der Waals surface area contributed by atoms with Gasteiger partial charge in [-0.25, -0.2) is 13.4 Å². The summed E-state index contributed by atoms with van der Waals surface area (Å²) in [6.45, 7) is 2.77. The van der Waals surface area contributed by atoms with Crippen LogP contribution < -0.4 is 4.90 Å². The Labute approximate surface area is 189 Å². The van der Waals surface area contributed by atoms with Crippen molar-refractivity contribution >= 4 is 65.6 Å². The van der Waals surface area contributed by atoms with Gasteiger partial charge in [0.2, 0.25) is 5.91 Å². The fourth-order valence-electron chi connectivity index (χ4n) is 2.80. The normalized spacial score (nSPS) is 11.9. The van der Waals surface area contributed by atoms with Crippen LogP contribution in [-0.2, 0) is 14.6 Å². The van der Waals surface area contributed by atoms with E-state index < -0.39 is 21.5 Å². The van der Waals surface area contributed by atoms with Crippen molar-refractivity contribution in [2.45, 2.75) is 11.8 Å². The molecule has 0 aliphatic rings. The van der Waals surface area contributed by atoms with E-state index in [0.29, 0.717) is 33.8 Å². The highest BCUT2D eigenvalue weighted by Gasteiger charge is 2.27. The van der Waals surface area contributed by atoms with Gasteiger partial charge in [0.1, 0.15) is 5.75 Å². The van der Waals surface area contributed by atoms with Crippen molar-refractivity contribution in [2.24, 2.45) is 0 Å². The molecule has 3 aromatic rings. The molecule has 30 heavy (non-hydrogen) atoms. The van der Waals surface area contributed by atoms with E-state index in [0.717, 1.165) is 10.3 Å². The maximum absolute atomic E-state index is 13.1. The number of carbonyl (C=O) groups excluding carboxylic acids is 1. The van der Waals surface area contributed by atoms with Crippen LogP contribution in [0.25, 0.3) is 10.2 Å². The lowest BCUT2D eigenvalue weighted by Crippen LogP contribution is -2.40. The third-order valence-corrected chi connectivity index (χ3v) is 7.88. The van der Waals surface area contributed by atoms with Crippen LogP contribution in [0.5, 0.6) is 0 Å². The van der Waals surface area contributed by atoms with Crippen LogP contribution in [0.4, 0.5) is 5.13 Å². The fraction of sp³-hybridized carbons (Fsp3) is 0.300. The third kappa shape index (κ3) is 5.12. The number of hydrogen-bond donors (Lipinski definition) is 0. The van der Waals surface area contributed by atoms with E-state index in [2.05, 4.69) is 4.98 Å². The van der Waals surface area contributed by atoms with Crippen LogP contribution in [0.2, 0.25) is 10.0 Å². The third-order valence-electron chi connectivity index (χ3n) is 4.47. The Bertz CT molecular complexity index is 1140. The number of amides is 1. The predicted octanol–water partition coefficient (Wildman–Crippen LogP) is 4.28. The minimum absolute atomic E-state index is 0.0519. The molecule has 0 fully saturated rings. The maximum Gasteiger partial charge on any atom is 0.244 e. The first-order chi connectivity index (χ1) is 14.1. The van der Waals surface area contributed by atoms with Crippen LogP contribution in [0.1, 0.15) is 5.56 Å². The molecule has 0 bridgehead atoms. The number of sulfone groups is 1. The zero-order chi connectivity index (χ0) is 22.1. The zero-order valence-electron chi connectivity index (χ0n) is 16.7. The minimum Gasteiger partial charge on any atom is -0.308 e. The van der Waals surface area contributed by atoms with Gasteiger partial charge in [0, 0.05) is 18.1 Å². The Morgan fingerprint density at radius 2 is 1.73 bits per heavy atom. The largest absolute Gasteiger partial charge is 0.308 e. The summed E-state index contributed by atoms with van der Waals surface area (Å²) in [4.78, 5) is 21.1. The second kappa shape index (κ2) is 9.20. The Kier molecular flexibility index (Phi) is 7.04. The monoisotopic (exact) mass is 485 g/mol. The number of carbonyl (C=O) groups is 1. The summed E-state index contributed by atoms with van der Waals surface area (Å²) in [7, 11) is -0.0641. The zero-order valence-corrected chi connectivity index (χ0v) is 19.9. The highest BCUT2D eigenvalue weighted by atomic mass is 35.5. The SMILES string of the molecule is Cc1ccc(Cl)c2sc(N(CCN(C)C)C(=O)CS(=O)(=O)c3ccc(Cl)cc3)nc12. The molecule has 0 aliphatic heterocycles. The first-order valence-electron chi connectivity index (χ1n) is 9.07. The lowest BCUT2D eigenvalue weighted by atomic mass is 10.2. The van der Waals surface area contributed by atoms with Gasteiger partial charge in [-0.1, -0.05) is 40.6 Å². The quantitative estimate of drug-likeness (QED) is 0.499. The molecule has 0 saturated carbocycles. The number of aromatic nitrogens is 1. The van der Waals surface area contributed by atoms with E-state index in [4.69, 9.17) is 23.2 Å². The standard InChI is InChI=1S/C20H21Cl2N3O3S2/c1-13-4-9-16(22)19-18(13)23-20(29-19)25(11-10-24(2)3)17(26)12-30(27,28)15-7-5-14(21)6-8-15/h4-9H,10-12H2,1-3H3. The van der Waals surface area contributed by atoms with Crippen LogP contribution >= 0.6 is 34.5 Å². The highest BCUT2D eigenvalue weighted by Crippen LogP contribution is 2.35. The molecule has 1 aromatic heterocycles. The lowest BCUT2D eigenvalue weighted by molar-refractivity contribution is -0.116. The second-order valence-electron chi connectivity index (χ2n) is 7.10. The summed E-state index contributed by atoms with van der Waals surface area (Å²) in [5, 5.41) is 1.40. The van der Waals surface area contributed by atoms with E-state index in [-0.39, 0.29) is 4.90 Å². The van der Waals surface area contributed by atoms with Gasteiger partial charge in [-0.3, -0.25) is 9.69 Å². The number of benzene rings is 2. The number of anilines is 1. The van der Waals surface area contributed by atoms with Gasteiger partial charge in [-0.15, -0.1) is 0 Å². The second-order valence-corrected chi connectivity index (χ2v) is 10.9. The van der Waals surface area contributed by atoms with Gasteiger partial charge in [0.05, 0.1) is 20.1 Å². The van der Waals surface area contributed by atoms with E-state index >= 15 is 0 Å². The summed E-state index contributed by atoms with van der Waals surface area (Å²) in [6.07, 6.45) is 0. The maximum atomic E-state index is 13.1. The first-order valence-corrected chi connectivity index (χ1v) is 12.3. The summed E-state index contributed by atoms with van der Waals surface area (Å²) >= 11 is 13.4. The summed E-state index contributed by atoms with van der Waals surface area (Å²) < 4.78 is 26.3. The van der Waals surface area contributed by atoms with E-state index in [1.54, 1.807) is 6.07 Å². The Morgan fingerprint density at radius 3 is 2.33 bits per heavy atom. The average Bonchev–Trinajstić information content (AvgIpc) is 3.11. The van der Waals surface area contributed by atoms with Crippen molar-refractivity contribution < 1.29 is 13.2 Å². The number of halogens is 2. The van der Waals surface area contributed by atoms with Crippen molar-refractivity contribution in [1.82, 2.24) is 9.88 Å². The molecule has 6 nitrogen and oxygen atoms in total. The molecule has 0 atom stereocenters. The smallest absolute Gasteiger partial charge is 0.244 e. The Hall–Kier alpha value is -1.71. The van der Waals surface area contributed by atoms with Crippen LogP contribution in [0.15, 0.2) is 41.3 Å². The van der Waals surface area contributed by atoms with Crippen molar-refractivity contribution in [3.8, 4) is 0 Å². The molecular formula is C20H21Cl2N3O3S2. The van der Waals surface area contributed by atoms with Crippen LogP contribution in [0.3, 0.4) is 0 Å². The van der Waals surface area contributed by atoms with Crippen molar-refractivity contribution in [3.05, 3.63) is 52.0 Å². The average molecular weight is 486 g/mol. The predicted molar refractivity (Wildman–Crippen MR) is 124 cm³/mol.